The van der Waals surface area contributed by atoms with Gasteiger partial charge in [-0.2, -0.15) is 0 Å². The van der Waals surface area contributed by atoms with Crippen LogP contribution in [0, 0.1) is 0 Å². The van der Waals surface area contributed by atoms with Gasteiger partial charge in [-0.15, -0.1) is 0 Å². The molecule has 1 atom stereocenters. The van der Waals surface area contributed by atoms with Gasteiger partial charge in [-0.25, -0.2) is 0 Å². The molecule has 1 fully saturated rings. The number of benzene rings is 1. The van der Waals surface area contributed by atoms with Crippen LogP contribution in [0.2, 0.25) is 0 Å². The lowest BCUT2D eigenvalue weighted by Gasteiger charge is -2.32. The predicted molar refractivity (Wildman–Crippen MR) is 74.9 cm³/mol. The second-order valence-corrected chi connectivity index (χ2v) is 5.27. The van der Waals surface area contributed by atoms with Gasteiger partial charge >= 0.3 is 0 Å². The molecule has 1 aromatic rings. The van der Waals surface area contributed by atoms with Gasteiger partial charge in [0.2, 0.25) is 0 Å². The first-order valence-corrected chi connectivity index (χ1v) is 7.16. The summed E-state index contributed by atoms with van der Waals surface area (Å²) in [6, 6.07) is 10.3. The average Bonchev–Trinajstić information content (AvgIpc) is 2.94. The first-order valence-electron chi connectivity index (χ1n) is 7.16. The summed E-state index contributed by atoms with van der Waals surface area (Å²) >= 11 is 0. The van der Waals surface area contributed by atoms with E-state index in [0.29, 0.717) is 0 Å². The Morgan fingerprint density at radius 1 is 1.21 bits per heavy atom. The van der Waals surface area contributed by atoms with E-state index >= 15 is 0 Å². The van der Waals surface area contributed by atoms with Crippen molar-refractivity contribution in [1.29, 1.82) is 0 Å². The van der Waals surface area contributed by atoms with E-state index in [1.165, 1.54) is 5.56 Å². The van der Waals surface area contributed by atoms with Crippen molar-refractivity contribution < 1.29 is 14.6 Å². The van der Waals surface area contributed by atoms with Crippen LogP contribution in [0.1, 0.15) is 37.7 Å². The van der Waals surface area contributed by atoms with Crippen molar-refractivity contribution in [3.05, 3.63) is 35.9 Å². The van der Waals surface area contributed by atoms with E-state index in [1.54, 1.807) is 7.11 Å². The summed E-state index contributed by atoms with van der Waals surface area (Å²) in [5, 5.41) is 9.49. The number of aliphatic hydroxyl groups is 1. The molecule has 1 aliphatic rings. The van der Waals surface area contributed by atoms with Gasteiger partial charge in [-0.05, 0) is 31.2 Å². The fourth-order valence-electron chi connectivity index (χ4n) is 2.75. The minimum absolute atomic E-state index is 0.0535. The molecule has 2 rings (SSSR count). The highest BCUT2D eigenvalue weighted by atomic mass is 16.7. The second-order valence-electron chi connectivity index (χ2n) is 5.27. The number of methoxy groups -OCH3 is 1. The summed E-state index contributed by atoms with van der Waals surface area (Å²) in [6.45, 7) is 0.0535. The fraction of sp³-hybridized carbons (Fsp3) is 0.625. The third kappa shape index (κ3) is 4.03. The Morgan fingerprint density at radius 3 is 2.47 bits per heavy atom. The molecule has 19 heavy (non-hydrogen) atoms. The molecule has 0 heterocycles. The van der Waals surface area contributed by atoms with Crippen LogP contribution in [0.25, 0.3) is 0 Å². The van der Waals surface area contributed by atoms with Crippen LogP contribution >= 0.6 is 0 Å². The molecule has 0 amide bonds. The van der Waals surface area contributed by atoms with Gasteiger partial charge in [0.25, 0.3) is 0 Å². The maximum Gasteiger partial charge on any atom is 0.168 e. The number of aliphatic hydroxyl groups excluding tert-OH is 1. The predicted octanol–water partition coefficient (Wildman–Crippen LogP) is 2.91. The van der Waals surface area contributed by atoms with Crippen LogP contribution in [0.4, 0.5) is 0 Å². The third-order valence-electron chi connectivity index (χ3n) is 3.92. The zero-order chi connectivity index (χ0) is 13.6. The van der Waals surface area contributed by atoms with E-state index in [9.17, 15) is 5.11 Å². The summed E-state index contributed by atoms with van der Waals surface area (Å²) in [5.74, 6) is -0.454. The van der Waals surface area contributed by atoms with Crippen LogP contribution in [0.5, 0.6) is 0 Å². The Morgan fingerprint density at radius 2 is 1.89 bits per heavy atom. The third-order valence-corrected chi connectivity index (χ3v) is 3.92. The summed E-state index contributed by atoms with van der Waals surface area (Å²) < 4.78 is 11.6. The maximum absolute atomic E-state index is 9.49. The van der Waals surface area contributed by atoms with Crippen molar-refractivity contribution in [3.8, 4) is 0 Å². The van der Waals surface area contributed by atoms with Crippen molar-refractivity contribution in [2.45, 2.75) is 50.4 Å². The highest BCUT2D eigenvalue weighted by Gasteiger charge is 2.36. The molecular weight excluding hydrogens is 240 g/mol. The normalized spacial score (nSPS) is 19.5. The Labute approximate surface area is 115 Å². The molecule has 1 aromatic carbocycles. The molecule has 0 saturated heterocycles. The summed E-state index contributed by atoms with van der Waals surface area (Å²) in [4.78, 5) is 0. The molecule has 1 N–H and O–H groups in total. The minimum atomic E-state index is -0.454. The van der Waals surface area contributed by atoms with Crippen LogP contribution in [-0.4, -0.2) is 30.7 Å². The molecule has 0 radical (unpaired) electrons. The lowest BCUT2D eigenvalue weighted by atomic mass is 10.1. The standard InChI is InChI=1S/C16H24O3/c1-18-16(11-5-6-12-16)19-15(13-17)10-9-14-7-3-2-4-8-14/h2-4,7-8,15,17H,5-6,9-13H2,1H3. The highest BCUT2D eigenvalue weighted by Crippen LogP contribution is 2.35. The quantitative estimate of drug-likeness (QED) is 0.770. The summed E-state index contributed by atoms with van der Waals surface area (Å²) in [5.41, 5.74) is 1.28. The van der Waals surface area contributed by atoms with E-state index in [-0.39, 0.29) is 12.7 Å². The van der Waals surface area contributed by atoms with Gasteiger partial charge in [0.15, 0.2) is 5.79 Å². The monoisotopic (exact) mass is 264 g/mol. The van der Waals surface area contributed by atoms with Crippen LogP contribution < -0.4 is 0 Å². The van der Waals surface area contributed by atoms with E-state index in [0.717, 1.165) is 38.5 Å². The Bertz CT molecular complexity index is 358. The van der Waals surface area contributed by atoms with Crippen LogP contribution in [0.3, 0.4) is 0 Å². The maximum atomic E-state index is 9.49. The van der Waals surface area contributed by atoms with E-state index < -0.39 is 5.79 Å². The zero-order valence-corrected chi connectivity index (χ0v) is 11.7. The highest BCUT2D eigenvalue weighted by molar-refractivity contribution is 5.14. The molecule has 0 spiro atoms. The lowest BCUT2D eigenvalue weighted by Crippen LogP contribution is -2.37. The Balaban J connectivity index is 1.86. The average molecular weight is 264 g/mol. The van der Waals surface area contributed by atoms with Gasteiger partial charge < -0.3 is 14.6 Å². The van der Waals surface area contributed by atoms with Gasteiger partial charge in [0.1, 0.15) is 0 Å². The summed E-state index contributed by atoms with van der Waals surface area (Å²) in [7, 11) is 1.71. The molecular formula is C16H24O3. The fourth-order valence-corrected chi connectivity index (χ4v) is 2.75. The Hall–Kier alpha value is -0.900. The summed E-state index contributed by atoms with van der Waals surface area (Å²) in [6.07, 6.45) is 5.77. The van der Waals surface area contributed by atoms with Crippen molar-refractivity contribution >= 4 is 0 Å². The van der Waals surface area contributed by atoms with Gasteiger partial charge in [-0.3, -0.25) is 0 Å². The van der Waals surface area contributed by atoms with Gasteiger partial charge in [0, 0.05) is 20.0 Å². The number of aryl methyl sites for hydroxylation is 1. The van der Waals surface area contributed by atoms with E-state index in [1.807, 2.05) is 18.2 Å². The molecule has 0 bridgehead atoms. The first kappa shape index (κ1) is 14.5. The van der Waals surface area contributed by atoms with Crippen molar-refractivity contribution in [2.24, 2.45) is 0 Å². The van der Waals surface area contributed by atoms with Crippen LogP contribution in [-0.2, 0) is 15.9 Å². The topological polar surface area (TPSA) is 38.7 Å². The molecule has 1 unspecified atom stereocenters. The molecule has 106 valence electrons. The molecule has 3 nitrogen and oxygen atoms in total. The number of rotatable bonds is 7. The van der Waals surface area contributed by atoms with Crippen molar-refractivity contribution in [3.63, 3.8) is 0 Å². The molecule has 0 aromatic heterocycles. The molecule has 0 aliphatic heterocycles. The number of hydrogen-bond donors (Lipinski definition) is 1. The smallest absolute Gasteiger partial charge is 0.168 e. The molecule has 3 heteroatoms. The minimum Gasteiger partial charge on any atom is -0.394 e. The van der Waals surface area contributed by atoms with Gasteiger partial charge in [-0.1, -0.05) is 30.3 Å². The zero-order valence-electron chi connectivity index (χ0n) is 11.7. The lowest BCUT2D eigenvalue weighted by molar-refractivity contribution is -0.247. The molecule has 1 saturated carbocycles. The SMILES string of the molecule is COC1(OC(CO)CCc2ccccc2)CCCC1. The van der Waals surface area contributed by atoms with Crippen LogP contribution in [0.15, 0.2) is 30.3 Å². The van der Waals surface area contributed by atoms with E-state index in [2.05, 4.69) is 12.1 Å². The largest absolute Gasteiger partial charge is 0.394 e. The van der Waals surface area contributed by atoms with Crippen molar-refractivity contribution in [1.82, 2.24) is 0 Å². The second kappa shape index (κ2) is 7.04. The first-order chi connectivity index (χ1) is 9.28. The Kier molecular flexibility index (Phi) is 5.37. The number of ether oxygens (including phenoxy) is 2. The number of hydrogen-bond acceptors (Lipinski definition) is 3. The molecule has 1 aliphatic carbocycles. The van der Waals surface area contributed by atoms with Gasteiger partial charge in [0.05, 0.1) is 12.7 Å². The van der Waals surface area contributed by atoms with E-state index in [4.69, 9.17) is 9.47 Å². The van der Waals surface area contributed by atoms with Crippen molar-refractivity contribution in [2.75, 3.05) is 13.7 Å².